The molecule has 0 bridgehead atoms. The summed E-state index contributed by atoms with van der Waals surface area (Å²) in [7, 11) is -3.40. The van der Waals surface area contributed by atoms with Gasteiger partial charge in [-0.25, -0.2) is 8.42 Å². The monoisotopic (exact) mass is 325 g/mol. The van der Waals surface area contributed by atoms with Gasteiger partial charge in [-0.3, -0.25) is 0 Å². The predicted octanol–water partition coefficient (Wildman–Crippen LogP) is 3.74. The highest BCUT2D eigenvalue weighted by Gasteiger charge is 2.31. The average molecular weight is 325 g/mol. The molecule has 0 spiro atoms. The van der Waals surface area contributed by atoms with Crippen LogP contribution in [0.2, 0.25) is 0 Å². The van der Waals surface area contributed by atoms with Gasteiger partial charge in [0, 0.05) is 12.6 Å². The van der Waals surface area contributed by atoms with Gasteiger partial charge in [0.05, 0.1) is 11.5 Å². The van der Waals surface area contributed by atoms with Crippen LogP contribution in [0, 0.1) is 6.92 Å². The van der Waals surface area contributed by atoms with Crippen LogP contribution in [0.4, 0.5) is 0 Å². The second-order valence-corrected chi connectivity index (χ2v) is 7.98. The fourth-order valence-electron chi connectivity index (χ4n) is 2.83. The van der Waals surface area contributed by atoms with Crippen LogP contribution in [-0.4, -0.2) is 31.9 Å². The highest BCUT2D eigenvalue weighted by atomic mass is 32.2. The van der Waals surface area contributed by atoms with Gasteiger partial charge < -0.3 is 4.74 Å². The Hall–Kier alpha value is -1.07. The van der Waals surface area contributed by atoms with Gasteiger partial charge in [-0.1, -0.05) is 19.8 Å². The lowest BCUT2D eigenvalue weighted by molar-refractivity contribution is 0.268. The smallest absolute Gasteiger partial charge is 0.243 e. The van der Waals surface area contributed by atoms with Gasteiger partial charge in [0.25, 0.3) is 0 Å². The van der Waals surface area contributed by atoms with Crippen LogP contribution in [0.3, 0.4) is 0 Å². The molecule has 1 atom stereocenters. The topological polar surface area (TPSA) is 46.6 Å². The fourth-order valence-corrected chi connectivity index (χ4v) is 4.62. The van der Waals surface area contributed by atoms with E-state index in [1.165, 1.54) is 0 Å². The summed E-state index contributed by atoms with van der Waals surface area (Å²) in [5.41, 5.74) is 0.877. The Morgan fingerprint density at radius 3 is 2.73 bits per heavy atom. The molecule has 1 heterocycles. The molecule has 0 amide bonds. The Morgan fingerprint density at radius 2 is 2.09 bits per heavy atom. The molecule has 1 fully saturated rings. The molecule has 1 aromatic carbocycles. The zero-order chi connectivity index (χ0) is 16.2. The van der Waals surface area contributed by atoms with Gasteiger partial charge >= 0.3 is 0 Å². The number of benzene rings is 1. The zero-order valence-electron chi connectivity index (χ0n) is 13.8. The molecule has 0 radical (unpaired) electrons. The fraction of sp³-hybridized carbons (Fsp3) is 0.647. The number of hydrogen-bond donors (Lipinski definition) is 0. The molecule has 1 aromatic rings. The third-order valence-corrected chi connectivity index (χ3v) is 6.26. The quantitative estimate of drug-likeness (QED) is 0.749. The van der Waals surface area contributed by atoms with Crippen LogP contribution in [0.25, 0.3) is 0 Å². The minimum atomic E-state index is -3.40. The van der Waals surface area contributed by atoms with E-state index in [0.29, 0.717) is 18.0 Å². The van der Waals surface area contributed by atoms with Crippen molar-refractivity contribution in [3.05, 3.63) is 23.8 Å². The molecule has 22 heavy (non-hydrogen) atoms. The molecule has 0 N–H and O–H groups in total. The Balaban J connectivity index is 2.19. The van der Waals surface area contributed by atoms with E-state index in [2.05, 4.69) is 6.92 Å². The third kappa shape index (κ3) is 3.82. The number of nitrogens with zero attached hydrogens (tertiary/aromatic N) is 1. The van der Waals surface area contributed by atoms with Crippen molar-refractivity contribution in [2.45, 2.75) is 63.8 Å². The Kier molecular flexibility index (Phi) is 5.87. The van der Waals surface area contributed by atoms with Crippen LogP contribution in [0.1, 0.15) is 51.5 Å². The van der Waals surface area contributed by atoms with Crippen LogP contribution in [0.15, 0.2) is 23.1 Å². The number of hydrogen-bond acceptors (Lipinski definition) is 3. The van der Waals surface area contributed by atoms with Crippen molar-refractivity contribution in [1.29, 1.82) is 0 Å². The summed E-state index contributed by atoms with van der Waals surface area (Å²) < 4.78 is 33.0. The number of aryl methyl sites for hydroxylation is 1. The molecule has 124 valence electrons. The van der Waals surface area contributed by atoms with Gasteiger partial charge in [0.1, 0.15) is 5.75 Å². The Bertz CT molecular complexity index is 598. The second kappa shape index (κ2) is 7.47. The molecule has 1 aliphatic rings. The lowest BCUT2D eigenvalue weighted by atomic mass is 10.1. The van der Waals surface area contributed by atoms with E-state index in [0.717, 1.165) is 43.4 Å². The van der Waals surface area contributed by atoms with Crippen LogP contribution in [0.5, 0.6) is 5.75 Å². The maximum Gasteiger partial charge on any atom is 0.243 e. The molecule has 0 aromatic heterocycles. The van der Waals surface area contributed by atoms with Crippen LogP contribution in [-0.2, 0) is 10.0 Å². The van der Waals surface area contributed by atoms with Crippen LogP contribution >= 0.6 is 0 Å². The molecular weight excluding hydrogens is 298 g/mol. The summed E-state index contributed by atoms with van der Waals surface area (Å²) in [6.45, 7) is 7.31. The predicted molar refractivity (Wildman–Crippen MR) is 88.8 cm³/mol. The Morgan fingerprint density at radius 1 is 1.32 bits per heavy atom. The van der Waals surface area contributed by atoms with Gasteiger partial charge in [-0.05, 0) is 56.9 Å². The van der Waals surface area contributed by atoms with E-state index < -0.39 is 10.0 Å². The van der Waals surface area contributed by atoms with E-state index in [-0.39, 0.29) is 6.04 Å². The maximum absolute atomic E-state index is 12.8. The van der Waals surface area contributed by atoms with E-state index in [1.54, 1.807) is 22.5 Å². The number of ether oxygens (including phenoxy) is 1. The van der Waals surface area contributed by atoms with Gasteiger partial charge in [0.15, 0.2) is 0 Å². The number of unbranched alkanes of at least 4 members (excludes halogenated alkanes) is 1. The van der Waals surface area contributed by atoms with Gasteiger partial charge in [-0.15, -0.1) is 0 Å². The van der Waals surface area contributed by atoms with Crippen molar-refractivity contribution in [2.75, 3.05) is 13.2 Å². The van der Waals surface area contributed by atoms with Crippen molar-refractivity contribution >= 4 is 10.0 Å². The molecular formula is C17H27NO3S. The summed E-state index contributed by atoms with van der Waals surface area (Å²) >= 11 is 0. The number of piperidine rings is 1. The normalized spacial score (nSPS) is 20.0. The average Bonchev–Trinajstić information content (AvgIpc) is 2.49. The second-order valence-electron chi connectivity index (χ2n) is 6.09. The number of sulfonamides is 1. The first-order valence-electron chi connectivity index (χ1n) is 8.22. The molecule has 4 nitrogen and oxygen atoms in total. The lowest BCUT2D eigenvalue weighted by Gasteiger charge is -2.32. The first-order chi connectivity index (χ1) is 10.5. The van der Waals surface area contributed by atoms with E-state index in [9.17, 15) is 8.42 Å². The molecule has 0 saturated carbocycles. The van der Waals surface area contributed by atoms with E-state index >= 15 is 0 Å². The molecule has 2 rings (SSSR count). The van der Waals surface area contributed by atoms with E-state index in [4.69, 9.17) is 4.74 Å². The van der Waals surface area contributed by atoms with Crippen molar-refractivity contribution in [3.63, 3.8) is 0 Å². The van der Waals surface area contributed by atoms with Crippen molar-refractivity contribution in [1.82, 2.24) is 4.31 Å². The molecule has 5 heteroatoms. The van der Waals surface area contributed by atoms with Gasteiger partial charge in [0.2, 0.25) is 10.0 Å². The minimum absolute atomic E-state index is 0.0829. The minimum Gasteiger partial charge on any atom is -0.493 e. The molecule has 1 saturated heterocycles. The summed E-state index contributed by atoms with van der Waals surface area (Å²) in [6, 6.07) is 5.27. The number of rotatable bonds is 6. The first-order valence-corrected chi connectivity index (χ1v) is 9.66. The summed E-state index contributed by atoms with van der Waals surface area (Å²) in [5, 5.41) is 0. The summed E-state index contributed by atoms with van der Waals surface area (Å²) in [5.74, 6) is 0.777. The van der Waals surface area contributed by atoms with Crippen molar-refractivity contribution in [3.8, 4) is 5.75 Å². The Labute approximate surface area is 134 Å². The van der Waals surface area contributed by atoms with Crippen molar-refractivity contribution < 1.29 is 13.2 Å². The molecule has 0 aliphatic carbocycles. The van der Waals surface area contributed by atoms with E-state index in [1.807, 2.05) is 13.8 Å². The molecule has 1 aliphatic heterocycles. The summed E-state index contributed by atoms with van der Waals surface area (Å²) in [6.07, 6.45) is 5.08. The zero-order valence-corrected chi connectivity index (χ0v) is 14.7. The standard InChI is InChI=1S/C17H27NO3S/c1-4-5-12-21-17-10-9-16(13-14(17)2)22(19,20)18-11-7-6-8-15(18)3/h9-10,13,15H,4-8,11-12H2,1-3H3/t15-/m0/s1. The largest absolute Gasteiger partial charge is 0.493 e. The third-order valence-electron chi connectivity index (χ3n) is 4.25. The maximum atomic E-state index is 12.8. The SMILES string of the molecule is CCCCOc1ccc(S(=O)(=O)N2CCCC[C@@H]2C)cc1C. The summed E-state index contributed by atoms with van der Waals surface area (Å²) in [4.78, 5) is 0.376. The highest BCUT2D eigenvalue weighted by Crippen LogP contribution is 2.28. The molecule has 0 unspecified atom stereocenters. The first kappa shape index (κ1) is 17.3. The highest BCUT2D eigenvalue weighted by molar-refractivity contribution is 7.89. The lowest BCUT2D eigenvalue weighted by Crippen LogP contribution is -2.41. The van der Waals surface area contributed by atoms with Crippen molar-refractivity contribution in [2.24, 2.45) is 0 Å². The van der Waals surface area contributed by atoms with Crippen LogP contribution < -0.4 is 4.74 Å². The van der Waals surface area contributed by atoms with Gasteiger partial charge in [-0.2, -0.15) is 4.31 Å².